The van der Waals surface area contributed by atoms with E-state index >= 15 is 0 Å². The minimum atomic E-state index is 0.0697. The van der Waals surface area contributed by atoms with E-state index in [1.54, 1.807) is 6.33 Å². The van der Waals surface area contributed by atoms with Crippen LogP contribution < -0.4 is 5.32 Å². The van der Waals surface area contributed by atoms with E-state index in [9.17, 15) is 0 Å². The van der Waals surface area contributed by atoms with Gasteiger partial charge in [-0.1, -0.05) is 13.8 Å². The molecule has 0 aromatic carbocycles. The lowest BCUT2D eigenvalue weighted by Crippen LogP contribution is -2.25. The van der Waals surface area contributed by atoms with Crippen molar-refractivity contribution in [3.63, 3.8) is 0 Å². The summed E-state index contributed by atoms with van der Waals surface area (Å²) < 4.78 is 0. The molecule has 0 aliphatic carbocycles. The van der Waals surface area contributed by atoms with Gasteiger partial charge in [0.1, 0.15) is 6.33 Å². The molecule has 106 valence electrons. The van der Waals surface area contributed by atoms with Crippen LogP contribution in [0, 0.1) is 6.92 Å². The highest BCUT2D eigenvalue weighted by molar-refractivity contribution is 5.32. The van der Waals surface area contributed by atoms with E-state index in [1.165, 1.54) is 5.56 Å². The van der Waals surface area contributed by atoms with Gasteiger partial charge in [-0.25, -0.2) is 9.97 Å². The van der Waals surface area contributed by atoms with Gasteiger partial charge < -0.3 is 5.32 Å². The molecule has 0 fully saturated rings. The van der Waals surface area contributed by atoms with Gasteiger partial charge in [0.2, 0.25) is 0 Å². The highest BCUT2D eigenvalue weighted by Gasteiger charge is 2.18. The predicted octanol–water partition coefficient (Wildman–Crippen LogP) is 2.23. The molecule has 0 amide bonds. The number of nitrogens with one attached hydrogen (secondary N) is 1. The molecule has 1 atom stereocenters. The Balaban J connectivity index is 2.43. The fraction of sp³-hybridized carbons (Fsp3) is 0.467. The molecule has 2 aromatic heterocycles. The van der Waals surface area contributed by atoms with Crippen LogP contribution in [0.5, 0.6) is 0 Å². The van der Waals surface area contributed by atoms with E-state index in [1.807, 2.05) is 19.3 Å². The Kier molecular flexibility index (Phi) is 5.12. The van der Waals surface area contributed by atoms with Crippen LogP contribution in [0.25, 0.3) is 0 Å². The maximum Gasteiger partial charge on any atom is 0.115 e. The Morgan fingerprint density at radius 2 is 1.90 bits per heavy atom. The second kappa shape index (κ2) is 7.05. The van der Waals surface area contributed by atoms with Crippen LogP contribution in [0.2, 0.25) is 0 Å². The summed E-state index contributed by atoms with van der Waals surface area (Å²) in [7, 11) is 0. The number of hydrogen-bond donors (Lipinski definition) is 1. The molecule has 2 rings (SSSR count). The third kappa shape index (κ3) is 3.36. The molecule has 0 spiro atoms. The van der Waals surface area contributed by atoms with E-state index < -0.39 is 0 Å². The standard InChI is InChI=1S/C15H21N5/c1-4-6-18-15(12-8-16-10-17-9-12)13-7-11(3)19-20-14(13)5-2/h7-10,15,18H,4-6H2,1-3H3. The van der Waals surface area contributed by atoms with Crippen molar-refractivity contribution >= 4 is 0 Å². The molecule has 0 saturated carbocycles. The molecule has 5 heteroatoms. The van der Waals surface area contributed by atoms with Gasteiger partial charge >= 0.3 is 0 Å². The molecule has 5 nitrogen and oxygen atoms in total. The highest BCUT2D eigenvalue weighted by Crippen LogP contribution is 2.24. The second-order valence-corrected chi connectivity index (χ2v) is 4.80. The first-order valence-electron chi connectivity index (χ1n) is 7.07. The van der Waals surface area contributed by atoms with Crippen molar-refractivity contribution in [2.75, 3.05) is 6.54 Å². The largest absolute Gasteiger partial charge is 0.306 e. The maximum atomic E-state index is 4.32. The third-order valence-electron chi connectivity index (χ3n) is 3.18. The number of rotatable bonds is 6. The van der Waals surface area contributed by atoms with E-state index in [0.717, 1.165) is 36.3 Å². The van der Waals surface area contributed by atoms with Crippen LogP contribution in [0.1, 0.15) is 48.8 Å². The van der Waals surface area contributed by atoms with Gasteiger partial charge in [0.15, 0.2) is 0 Å². The summed E-state index contributed by atoms with van der Waals surface area (Å²) in [5, 5.41) is 12.0. The molecule has 1 N–H and O–H groups in total. The van der Waals surface area contributed by atoms with E-state index in [-0.39, 0.29) is 6.04 Å². The highest BCUT2D eigenvalue weighted by atomic mass is 15.1. The fourth-order valence-electron chi connectivity index (χ4n) is 2.21. The summed E-state index contributed by atoms with van der Waals surface area (Å²) in [6.07, 6.45) is 7.20. The van der Waals surface area contributed by atoms with E-state index in [4.69, 9.17) is 0 Å². The van der Waals surface area contributed by atoms with Crippen molar-refractivity contribution in [2.45, 2.75) is 39.7 Å². The molecule has 0 saturated heterocycles. The van der Waals surface area contributed by atoms with Crippen LogP contribution in [-0.4, -0.2) is 26.7 Å². The number of aromatic nitrogens is 4. The molecule has 2 heterocycles. The first-order valence-corrected chi connectivity index (χ1v) is 7.07. The Morgan fingerprint density at radius 3 is 2.55 bits per heavy atom. The van der Waals surface area contributed by atoms with Crippen LogP contribution in [-0.2, 0) is 6.42 Å². The summed E-state index contributed by atoms with van der Waals surface area (Å²) in [5.74, 6) is 0. The van der Waals surface area contributed by atoms with Crippen LogP contribution >= 0.6 is 0 Å². The van der Waals surface area contributed by atoms with Crippen LogP contribution in [0.4, 0.5) is 0 Å². The van der Waals surface area contributed by atoms with Crippen molar-refractivity contribution < 1.29 is 0 Å². The normalized spacial score (nSPS) is 12.3. The summed E-state index contributed by atoms with van der Waals surface area (Å²) in [4.78, 5) is 8.26. The molecular formula is C15H21N5. The molecule has 0 aliphatic rings. The summed E-state index contributed by atoms with van der Waals surface area (Å²) in [6.45, 7) is 7.15. The van der Waals surface area contributed by atoms with Crippen molar-refractivity contribution in [3.05, 3.63) is 47.3 Å². The number of aryl methyl sites for hydroxylation is 2. The van der Waals surface area contributed by atoms with Crippen LogP contribution in [0.3, 0.4) is 0 Å². The minimum absolute atomic E-state index is 0.0697. The average Bonchev–Trinajstić information content (AvgIpc) is 2.49. The maximum absolute atomic E-state index is 4.32. The van der Waals surface area contributed by atoms with E-state index in [0.29, 0.717) is 0 Å². The fourth-order valence-corrected chi connectivity index (χ4v) is 2.21. The monoisotopic (exact) mass is 271 g/mol. The first-order chi connectivity index (χ1) is 9.76. The minimum Gasteiger partial charge on any atom is -0.306 e. The molecule has 20 heavy (non-hydrogen) atoms. The molecule has 0 radical (unpaired) electrons. The Morgan fingerprint density at radius 1 is 1.15 bits per heavy atom. The van der Waals surface area contributed by atoms with Crippen molar-refractivity contribution in [2.24, 2.45) is 0 Å². The lowest BCUT2D eigenvalue weighted by molar-refractivity contribution is 0.585. The van der Waals surface area contributed by atoms with Gasteiger partial charge in [0, 0.05) is 18.0 Å². The third-order valence-corrected chi connectivity index (χ3v) is 3.18. The average molecular weight is 271 g/mol. The quantitative estimate of drug-likeness (QED) is 0.873. The van der Waals surface area contributed by atoms with E-state index in [2.05, 4.69) is 45.4 Å². The molecule has 2 aromatic rings. The zero-order valence-electron chi connectivity index (χ0n) is 12.3. The van der Waals surface area contributed by atoms with Gasteiger partial charge in [-0.2, -0.15) is 10.2 Å². The second-order valence-electron chi connectivity index (χ2n) is 4.80. The van der Waals surface area contributed by atoms with Gasteiger partial charge in [0.25, 0.3) is 0 Å². The Hall–Kier alpha value is -1.88. The predicted molar refractivity (Wildman–Crippen MR) is 78.3 cm³/mol. The zero-order valence-corrected chi connectivity index (χ0v) is 12.3. The molecular weight excluding hydrogens is 250 g/mol. The summed E-state index contributed by atoms with van der Waals surface area (Å²) >= 11 is 0. The smallest absolute Gasteiger partial charge is 0.115 e. The lowest BCUT2D eigenvalue weighted by atomic mass is 9.98. The van der Waals surface area contributed by atoms with Crippen molar-refractivity contribution in [1.82, 2.24) is 25.5 Å². The molecule has 1 unspecified atom stereocenters. The van der Waals surface area contributed by atoms with Crippen molar-refractivity contribution in [3.8, 4) is 0 Å². The summed E-state index contributed by atoms with van der Waals surface area (Å²) in [6, 6.07) is 2.17. The summed E-state index contributed by atoms with van der Waals surface area (Å²) in [5.41, 5.74) is 4.18. The first kappa shape index (κ1) is 14.5. The Bertz CT molecular complexity index is 541. The van der Waals surface area contributed by atoms with Gasteiger partial charge in [-0.15, -0.1) is 0 Å². The van der Waals surface area contributed by atoms with Gasteiger partial charge in [-0.05, 0) is 37.9 Å². The van der Waals surface area contributed by atoms with Gasteiger partial charge in [-0.3, -0.25) is 0 Å². The number of hydrogen-bond acceptors (Lipinski definition) is 5. The Labute approximate surface area is 119 Å². The lowest BCUT2D eigenvalue weighted by Gasteiger charge is -2.21. The number of nitrogens with zero attached hydrogens (tertiary/aromatic N) is 4. The zero-order chi connectivity index (χ0) is 14.4. The van der Waals surface area contributed by atoms with Crippen LogP contribution in [0.15, 0.2) is 24.8 Å². The SMILES string of the molecule is CCCNC(c1cncnc1)c1cc(C)nnc1CC. The molecule has 0 bridgehead atoms. The molecule has 0 aliphatic heterocycles. The topological polar surface area (TPSA) is 63.6 Å². The van der Waals surface area contributed by atoms with Crippen molar-refractivity contribution in [1.29, 1.82) is 0 Å². The van der Waals surface area contributed by atoms with Gasteiger partial charge in [0.05, 0.1) is 17.4 Å².